The molecule has 0 bridgehead atoms. The fourth-order valence-corrected chi connectivity index (χ4v) is 3.72. The summed E-state index contributed by atoms with van der Waals surface area (Å²) in [7, 11) is 1.90. The number of fused-ring (bicyclic) bond motifs is 1. The van der Waals surface area contributed by atoms with Crippen LogP contribution >= 0.6 is 0 Å². The van der Waals surface area contributed by atoms with Gasteiger partial charge in [0.25, 0.3) is 0 Å². The van der Waals surface area contributed by atoms with Gasteiger partial charge in [-0.3, -0.25) is 9.48 Å². The molecule has 0 saturated heterocycles. The highest BCUT2D eigenvalue weighted by atomic mass is 16.1. The molecule has 0 aliphatic heterocycles. The monoisotopic (exact) mass is 347 g/mol. The number of allylic oxidation sites excluding steroid dienone is 3. The van der Waals surface area contributed by atoms with Crippen molar-refractivity contribution in [2.75, 3.05) is 0 Å². The van der Waals surface area contributed by atoms with Crippen molar-refractivity contribution >= 4 is 22.4 Å². The molecule has 3 aromatic rings. The van der Waals surface area contributed by atoms with Crippen molar-refractivity contribution in [2.24, 2.45) is 13.0 Å². The van der Waals surface area contributed by atoms with E-state index in [1.54, 1.807) is 11.0 Å². The maximum atomic E-state index is 11.8. The van der Waals surface area contributed by atoms with Crippen LogP contribution < -0.4 is 0 Å². The first-order valence-electron chi connectivity index (χ1n) is 8.81. The van der Waals surface area contributed by atoms with E-state index in [1.807, 2.05) is 25.6 Å². The van der Waals surface area contributed by atoms with Crippen molar-refractivity contribution < 1.29 is 4.79 Å². The number of aromatic nitrogens is 5. The Kier molecular flexibility index (Phi) is 4.24. The number of aryl methyl sites for hydroxylation is 1. The second kappa shape index (κ2) is 6.71. The predicted octanol–water partition coefficient (Wildman–Crippen LogP) is 3.69. The Labute approximate surface area is 151 Å². The number of rotatable bonds is 5. The maximum Gasteiger partial charge on any atom is 0.155 e. The Balaban J connectivity index is 1.75. The largest absolute Gasteiger partial charge is 0.345 e. The molecule has 3 aromatic heterocycles. The van der Waals surface area contributed by atoms with Crippen LogP contribution in [0.3, 0.4) is 0 Å². The number of carbonyl (C=O) groups is 1. The standard InChI is InChI=1S/C20H21N5O/c1-3-16(26)8-13-5-4-6-14(7-13)19-18-17(15-9-24-25(2)11-15)10-21-20(18)23-12-22-19/h3,6,9-13H,1,4-5,7-8H2,2H3,(H,21,22,23). The summed E-state index contributed by atoms with van der Waals surface area (Å²) in [4.78, 5) is 24.0. The van der Waals surface area contributed by atoms with Crippen molar-refractivity contribution in [3.8, 4) is 11.1 Å². The summed E-state index contributed by atoms with van der Waals surface area (Å²) in [5.41, 5.74) is 5.04. The summed E-state index contributed by atoms with van der Waals surface area (Å²) < 4.78 is 1.79. The van der Waals surface area contributed by atoms with Gasteiger partial charge in [0.2, 0.25) is 0 Å². The van der Waals surface area contributed by atoms with Crippen LogP contribution in [0.2, 0.25) is 0 Å². The van der Waals surface area contributed by atoms with Crippen LogP contribution in [0.1, 0.15) is 31.4 Å². The van der Waals surface area contributed by atoms with E-state index < -0.39 is 0 Å². The zero-order valence-corrected chi connectivity index (χ0v) is 14.8. The highest BCUT2D eigenvalue weighted by Crippen LogP contribution is 2.37. The average Bonchev–Trinajstić information content (AvgIpc) is 3.27. The first-order chi connectivity index (χ1) is 12.7. The van der Waals surface area contributed by atoms with E-state index in [0.717, 1.165) is 47.1 Å². The van der Waals surface area contributed by atoms with Gasteiger partial charge in [0.1, 0.15) is 12.0 Å². The van der Waals surface area contributed by atoms with Gasteiger partial charge in [-0.25, -0.2) is 9.97 Å². The van der Waals surface area contributed by atoms with Gasteiger partial charge in [-0.15, -0.1) is 0 Å². The molecule has 0 spiro atoms. The van der Waals surface area contributed by atoms with Crippen LogP contribution in [-0.4, -0.2) is 30.5 Å². The fourth-order valence-electron chi connectivity index (χ4n) is 3.72. The van der Waals surface area contributed by atoms with Crippen molar-refractivity contribution in [1.82, 2.24) is 24.7 Å². The summed E-state index contributed by atoms with van der Waals surface area (Å²) >= 11 is 0. The van der Waals surface area contributed by atoms with Gasteiger partial charge in [0.05, 0.1) is 17.3 Å². The van der Waals surface area contributed by atoms with E-state index in [1.165, 1.54) is 11.6 Å². The van der Waals surface area contributed by atoms with Crippen LogP contribution in [0.4, 0.5) is 0 Å². The second-order valence-corrected chi connectivity index (χ2v) is 6.80. The third kappa shape index (κ3) is 2.98. The Bertz CT molecular complexity index is 1010. The van der Waals surface area contributed by atoms with E-state index in [-0.39, 0.29) is 5.78 Å². The molecule has 132 valence electrons. The Morgan fingerprint density at radius 1 is 1.46 bits per heavy atom. The first kappa shape index (κ1) is 16.4. The van der Waals surface area contributed by atoms with Crippen LogP contribution in [-0.2, 0) is 11.8 Å². The fraction of sp³-hybridized carbons (Fsp3) is 0.300. The minimum Gasteiger partial charge on any atom is -0.345 e. The molecule has 1 aliphatic rings. The SMILES string of the molecule is C=CC(=O)CC1CCC=C(c2ncnc3[nH]cc(-c4cnn(C)c4)c23)C1. The summed E-state index contributed by atoms with van der Waals surface area (Å²) in [5, 5.41) is 5.29. The smallest absolute Gasteiger partial charge is 0.155 e. The minimum atomic E-state index is 0.113. The average molecular weight is 347 g/mol. The zero-order valence-electron chi connectivity index (χ0n) is 14.8. The van der Waals surface area contributed by atoms with Gasteiger partial charge < -0.3 is 4.98 Å². The molecule has 0 amide bonds. The highest BCUT2D eigenvalue weighted by molar-refractivity contribution is 6.00. The normalized spacial score (nSPS) is 17.3. The molecular formula is C20H21N5O. The lowest BCUT2D eigenvalue weighted by molar-refractivity contribution is -0.115. The maximum absolute atomic E-state index is 11.8. The summed E-state index contributed by atoms with van der Waals surface area (Å²) in [6.07, 6.45) is 14.5. The van der Waals surface area contributed by atoms with E-state index in [4.69, 9.17) is 0 Å². The van der Waals surface area contributed by atoms with E-state index in [9.17, 15) is 4.79 Å². The van der Waals surface area contributed by atoms with Crippen LogP contribution in [0.5, 0.6) is 0 Å². The minimum absolute atomic E-state index is 0.113. The first-order valence-corrected chi connectivity index (χ1v) is 8.81. The number of hydrogen-bond acceptors (Lipinski definition) is 4. The van der Waals surface area contributed by atoms with E-state index in [2.05, 4.69) is 32.7 Å². The lowest BCUT2D eigenvalue weighted by atomic mass is 9.83. The Hall–Kier alpha value is -3.02. The highest BCUT2D eigenvalue weighted by Gasteiger charge is 2.22. The zero-order chi connectivity index (χ0) is 18.1. The number of hydrogen-bond donors (Lipinski definition) is 1. The number of H-pyrrole nitrogens is 1. The number of carbonyl (C=O) groups excluding carboxylic acids is 1. The molecule has 1 atom stereocenters. The number of aromatic amines is 1. The molecular weight excluding hydrogens is 326 g/mol. The van der Waals surface area contributed by atoms with Crippen LogP contribution in [0, 0.1) is 5.92 Å². The summed E-state index contributed by atoms with van der Waals surface area (Å²) in [6, 6.07) is 0. The van der Waals surface area contributed by atoms with Gasteiger partial charge in [-0.1, -0.05) is 12.7 Å². The number of ketones is 1. The summed E-state index contributed by atoms with van der Waals surface area (Å²) in [5.74, 6) is 0.452. The van der Waals surface area contributed by atoms with Crippen LogP contribution in [0.25, 0.3) is 27.7 Å². The lowest BCUT2D eigenvalue weighted by Gasteiger charge is -2.22. The van der Waals surface area contributed by atoms with Crippen molar-refractivity contribution in [3.05, 3.63) is 49.3 Å². The third-order valence-corrected chi connectivity index (χ3v) is 4.98. The van der Waals surface area contributed by atoms with E-state index in [0.29, 0.717) is 12.3 Å². The molecule has 0 fully saturated rings. The molecule has 0 saturated carbocycles. The molecule has 26 heavy (non-hydrogen) atoms. The molecule has 1 N–H and O–H groups in total. The van der Waals surface area contributed by atoms with Gasteiger partial charge >= 0.3 is 0 Å². The molecule has 6 nitrogen and oxygen atoms in total. The topological polar surface area (TPSA) is 76.5 Å². The van der Waals surface area contributed by atoms with Crippen molar-refractivity contribution in [2.45, 2.75) is 25.7 Å². The van der Waals surface area contributed by atoms with Crippen LogP contribution in [0.15, 0.2) is 43.6 Å². The number of nitrogens with one attached hydrogen (secondary N) is 1. The summed E-state index contributed by atoms with van der Waals surface area (Å²) in [6.45, 7) is 3.59. The predicted molar refractivity (Wildman–Crippen MR) is 101 cm³/mol. The van der Waals surface area contributed by atoms with E-state index >= 15 is 0 Å². The second-order valence-electron chi connectivity index (χ2n) is 6.80. The molecule has 1 aliphatic carbocycles. The van der Waals surface area contributed by atoms with Gasteiger partial charge in [0.15, 0.2) is 5.78 Å². The van der Waals surface area contributed by atoms with Crippen molar-refractivity contribution in [3.63, 3.8) is 0 Å². The number of nitrogens with zero attached hydrogens (tertiary/aromatic N) is 4. The van der Waals surface area contributed by atoms with Gasteiger partial charge in [-0.05, 0) is 36.8 Å². The van der Waals surface area contributed by atoms with Gasteiger partial charge in [0, 0.05) is 37.0 Å². The molecule has 0 radical (unpaired) electrons. The van der Waals surface area contributed by atoms with Gasteiger partial charge in [-0.2, -0.15) is 5.10 Å². The molecule has 3 heterocycles. The lowest BCUT2D eigenvalue weighted by Crippen LogP contribution is -2.11. The Morgan fingerprint density at radius 3 is 3.12 bits per heavy atom. The quantitative estimate of drug-likeness (QED) is 0.714. The Morgan fingerprint density at radius 2 is 2.35 bits per heavy atom. The third-order valence-electron chi connectivity index (χ3n) is 4.98. The molecule has 1 unspecified atom stereocenters. The van der Waals surface area contributed by atoms with Crippen molar-refractivity contribution in [1.29, 1.82) is 0 Å². The molecule has 6 heteroatoms. The molecule has 0 aromatic carbocycles. The molecule has 4 rings (SSSR count).